The first kappa shape index (κ1) is 12.7. The molecule has 0 saturated heterocycles. The summed E-state index contributed by atoms with van der Waals surface area (Å²) in [5, 5.41) is 7.34. The molecule has 0 aromatic heterocycles. The summed E-state index contributed by atoms with van der Waals surface area (Å²) in [5.41, 5.74) is 10.3. The van der Waals surface area contributed by atoms with Gasteiger partial charge in [0.1, 0.15) is 0 Å². The molecular weight excluding hydrogens is 186 g/mol. The molecule has 0 aliphatic heterocycles. The average molecular weight is 203 g/mol. The van der Waals surface area contributed by atoms with Crippen molar-refractivity contribution in [3.63, 3.8) is 0 Å². The third-order valence-electron chi connectivity index (χ3n) is 1.31. The molecule has 0 saturated carbocycles. The number of amides is 3. The van der Waals surface area contributed by atoms with Gasteiger partial charge >= 0.3 is 6.03 Å². The van der Waals surface area contributed by atoms with Gasteiger partial charge in [-0.25, -0.2) is 4.79 Å². The van der Waals surface area contributed by atoms with Crippen LogP contribution in [0.15, 0.2) is 0 Å². The topological polar surface area (TPSA) is 122 Å². The van der Waals surface area contributed by atoms with Gasteiger partial charge < -0.3 is 27.4 Å². The highest BCUT2D eigenvalue weighted by molar-refractivity contribution is 5.83. The quantitative estimate of drug-likeness (QED) is 0.323. The first-order valence-corrected chi connectivity index (χ1v) is 4.39. The van der Waals surface area contributed by atoms with Crippen LogP contribution in [0, 0.1) is 0 Å². The van der Waals surface area contributed by atoms with E-state index in [4.69, 9.17) is 11.5 Å². The fraction of sp³-hybridized carbons (Fsp3) is 0.714. The Morgan fingerprint density at radius 3 is 2.07 bits per heavy atom. The lowest BCUT2D eigenvalue weighted by Gasteiger charge is -2.06. The van der Waals surface area contributed by atoms with Gasteiger partial charge in [0.15, 0.2) is 0 Å². The van der Waals surface area contributed by atoms with Crippen molar-refractivity contribution in [3.8, 4) is 0 Å². The standard InChI is InChI=1S/C7H17N5O2/c8-1-3-10-6(13)5-12-7(14)11-4-2-9/h1-5,8-9H2,(H,10,13)(H2,11,12,14). The highest BCUT2D eigenvalue weighted by Gasteiger charge is 2.02. The van der Waals surface area contributed by atoms with E-state index in [1.165, 1.54) is 0 Å². The minimum Gasteiger partial charge on any atom is -0.353 e. The largest absolute Gasteiger partial charge is 0.353 e. The Hall–Kier alpha value is -1.34. The number of rotatable bonds is 6. The fourth-order valence-electron chi connectivity index (χ4n) is 0.683. The van der Waals surface area contributed by atoms with E-state index in [2.05, 4.69) is 16.0 Å². The summed E-state index contributed by atoms with van der Waals surface area (Å²) in [6.07, 6.45) is 0. The molecule has 7 heteroatoms. The van der Waals surface area contributed by atoms with Crippen molar-refractivity contribution >= 4 is 11.9 Å². The highest BCUT2D eigenvalue weighted by Crippen LogP contribution is 1.66. The molecule has 0 aliphatic rings. The van der Waals surface area contributed by atoms with Crippen molar-refractivity contribution in [1.82, 2.24) is 16.0 Å². The summed E-state index contributed by atoms with van der Waals surface area (Å²) in [7, 11) is 0. The molecule has 7 N–H and O–H groups in total. The summed E-state index contributed by atoms with van der Waals surface area (Å²) in [4.78, 5) is 21.8. The SMILES string of the molecule is NCCNC(=O)CNC(=O)NCCN. The molecule has 0 fully saturated rings. The van der Waals surface area contributed by atoms with E-state index in [9.17, 15) is 9.59 Å². The molecule has 0 radical (unpaired) electrons. The van der Waals surface area contributed by atoms with Crippen molar-refractivity contribution in [2.75, 3.05) is 32.7 Å². The van der Waals surface area contributed by atoms with Gasteiger partial charge in [-0.1, -0.05) is 0 Å². The highest BCUT2D eigenvalue weighted by atomic mass is 16.2. The molecule has 0 spiro atoms. The van der Waals surface area contributed by atoms with E-state index >= 15 is 0 Å². The van der Waals surface area contributed by atoms with Crippen molar-refractivity contribution in [3.05, 3.63) is 0 Å². The Balaban J connectivity index is 3.41. The van der Waals surface area contributed by atoms with Gasteiger partial charge in [0.05, 0.1) is 6.54 Å². The zero-order valence-electron chi connectivity index (χ0n) is 8.01. The monoisotopic (exact) mass is 203 g/mol. The van der Waals surface area contributed by atoms with E-state index < -0.39 is 6.03 Å². The second-order valence-corrected chi connectivity index (χ2v) is 2.54. The predicted octanol–water partition coefficient (Wildman–Crippen LogP) is -2.68. The molecule has 14 heavy (non-hydrogen) atoms. The molecule has 0 atom stereocenters. The summed E-state index contributed by atoms with van der Waals surface area (Å²) >= 11 is 0. The second kappa shape index (κ2) is 8.27. The number of hydrogen-bond donors (Lipinski definition) is 5. The summed E-state index contributed by atoms with van der Waals surface area (Å²) in [6, 6.07) is -0.404. The van der Waals surface area contributed by atoms with E-state index in [1.807, 2.05) is 0 Å². The van der Waals surface area contributed by atoms with Crippen LogP contribution in [-0.4, -0.2) is 44.7 Å². The van der Waals surface area contributed by atoms with Crippen LogP contribution in [0.3, 0.4) is 0 Å². The predicted molar refractivity (Wildman–Crippen MR) is 52.5 cm³/mol. The number of carbonyl (C=O) groups is 2. The van der Waals surface area contributed by atoms with Gasteiger partial charge in [0, 0.05) is 26.2 Å². The van der Waals surface area contributed by atoms with Gasteiger partial charge in [-0.3, -0.25) is 4.79 Å². The van der Waals surface area contributed by atoms with Crippen molar-refractivity contribution in [2.24, 2.45) is 11.5 Å². The van der Waals surface area contributed by atoms with Crippen molar-refractivity contribution in [1.29, 1.82) is 0 Å². The van der Waals surface area contributed by atoms with E-state index in [-0.39, 0.29) is 12.5 Å². The molecule has 0 aromatic carbocycles. The van der Waals surface area contributed by atoms with Gasteiger partial charge in [-0.2, -0.15) is 0 Å². The maximum absolute atomic E-state index is 10.9. The van der Waals surface area contributed by atoms with Crippen LogP contribution in [0.25, 0.3) is 0 Å². The molecule has 0 rings (SSSR count). The molecule has 3 amide bonds. The lowest BCUT2D eigenvalue weighted by Crippen LogP contribution is -2.44. The van der Waals surface area contributed by atoms with Crippen LogP contribution < -0.4 is 27.4 Å². The number of nitrogens with one attached hydrogen (secondary N) is 3. The Labute approximate surface area is 82.6 Å². The lowest BCUT2D eigenvalue weighted by atomic mass is 10.5. The average Bonchev–Trinajstić information content (AvgIpc) is 2.20. The Morgan fingerprint density at radius 2 is 1.50 bits per heavy atom. The smallest absolute Gasteiger partial charge is 0.315 e. The van der Waals surface area contributed by atoms with Crippen molar-refractivity contribution < 1.29 is 9.59 Å². The Morgan fingerprint density at radius 1 is 0.929 bits per heavy atom. The van der Waals surface area contributed by atoms with Crippen LogP contribution in [0.1, 0.15) is 0 Å². The fourth-order valence-corrected chi connectivity index (χ4v) is 0.683. The van der Waals surface area contributed by atoms with Gasteiger partial charge in [0.25, 0.3) is 0 Å². The number of nitrogens with two attached hydrogens (primary N) is 2. The normalized spacial score (nSPS) is 9.29. The molecule has 0 aliphatic carbocycles. The number of hydrogen-bond acceptors (Lipinski definition) is 4. The molecule has 0 unspecified atom stereocenters. The first-order chi connectivity index (χ1) is 6.70. The van der Waals surface area contributed by atoms with Crippen LogP contribution in [0.5, 0.6) is 0 Å². The molecule has 7 nitrogen and oxygen atoms in total. The minimum atomic E-state index is -0.404. The summed E-state index contributed by atoms with van der Waals surface area (Å²) in [6.45, 7) is 1.48. The number of carbonyl (C=O) groups excluding carboxylic acids is 2. The van der Waals surface area contributed by atoms with Crippen LogP contribution >= 0.6 is 0 Å². The Bertz CT molecular complexity index is 165. The van der Waals surface area contributed by atoms with Gasteiger partial charge in [-0.15, -0.1) is 0 Å². The van der Waals surface area contributed by atoms with Crippen molar-refractivity contribution in [2.45, 2.75) is 0 Å². The van der Waals surface area contributed by atoms with Crippen LogP contribution in [0.4, 0.5) is 4.79 Å². The molecule has 0 aromatic rings. The third kappa shape index (κ3) is 7.32. The maximum atomic E-state index is 10.9. The van der Waals surface area contributed by atoms with Gasteiger partial charge in [-0.05, 0) is 0 Å². The zero-order valence-corrected chi connectivity index (χ0v) is 8.01. The van der Waals surface area contributed by atoms with E-state index in [0.717, 1.165) is 0 Å². The third-order valence-corrected chi connectivity index (χ3v) is 1.31. The lowest BCUT2D eigenvalue weighted by molar-refractivity contribution is -0.120. The zero-order chi connectivity index (χ0) is 10.8. The maximum Gasteiger partial charge on any atom is 0.315 e. The molecule has 0 bridgehead atoms. The Kier molecular flexibility index (Phi) is 7.48. The van der Waals surface area contributed by atoms with Gasteiger partial charge in [0.2, 0.25) is 5.91 Å². The summed E-state index contributed by atoms with van der Waals surface area (Å²) < 4.78 is 0. The van der Waals surface area contributed by atoms with E-state index in [0.29, 0.717) is 26.2 Å². The molecule has 0 heterocycles. The number of urea groups is 1. The second-order valence-electron chi connectivity index (χ2n) is 2.54. The molecular formula is C7H17N5O2. The van der Waals surface area contributed by atoms with E-state index in [1.54, 1.807) is 0 Å². The minimum absolute atomic E-state index is 0.0591. The molecule has 82 valence electrons. The summed E-state index contributed by atoms with van der Waals surface area (Å²) in [5.74, 6) is -0.265. The first-order valence-electron chi connectivity index (χ1n) is 4.39. The van der Waals surface area contributed by atoms with Crippen LogP contribution in [-0.2, 0) is 4.79 Å². The van der Waals surface area contributed by atoms with Crippen LogP contribution in [0.2, 0.25) is 0 Å².